The molecule has 0 saturated carbocycles. The fourth-order valence-electron chi connectivity index (χ4n) is 3.70. The monoisotopic (exact) mass is 377 g/mol. The summed E-state index contributed by atoms with van der Waals surface area (Å²) in [6.45, 7) is 3.02. The number of nitrogens with zero attached hydrogens (tertiary/aromatic N) is 1. The van der Waals surface area contributed by atoms with E-state index in [0.717, 1.165) is 36.6 Å². The number of likely N-dealkylation sites (tertiary alicyclic amines) is 1. The average molecular weight is 378 g/mol. The molecule has 3 aromatic rings. The molecule has 2 nitrogen and oxygen atoms in total. The SMILES string of the molecule is Clc1ccc(C(OC2CCN(Cc3ccccc3)C2)c2ccccc2)cc1. The number of hydrogen-bond acceptors (Lipinski definition) is 2. The highest BCUT2D eigenvalue weighted by molar-refractivity contribution is 6.30. The predicted octanol–water partition coefficient (Wildman–Crippen LogP) is 5.72. The summed E-state index contributed by atoms with van der Waals surface area (Å²) in [5, 5.41) is 0.750. The van der Waals surface area contributed by atoms with E-state index < -0.39 is 0 Å². The molecular weight excluding hydrogens is 354 g/mol. The maximum absolute atomic E-state index is 6.61. The molecule has 0 bridgehead atoms. The summed E-state index contributed by atoms with van der Waals surface area (Å²) in [5.74, 6) is 0. The molecule has 0 spiro atoms. The Bertz CT molecular complexity index is 835. The van der Waals surface area contributed by atoms with Gasteiger partial charge in [-0.3, -0.25) is 4.90 Å². The van der Waals surface area contributed by atoms with Crippen LogP contribution in [-0.4, -0.2) is 24.1 Å². The Hall–Kier alpha value is -2.13. The third-order valence-corrected chi connectivity index (χ3v) is 5.33. The molecule has 0 radical (unpaired) electrons. The molecule has 0 amide bonds. The first-order valence-electron chi connectivity index (χ1n) is 9.50. The number of hydrogen-bond donors (Lipinski definition) is 0. The van der Waals surface area contributed by atoms with E-state index in [1.807, 2.05) is 18.2 Å². The molecular formula is C24H24ClNO. The second-order valence-electron chi connectivity index (χ2n) is 7.11. The van der Waals surface area contributed by atoms with Crippen molar-refractivity contribution in [3.63, 3.8) is 0 Å². The van der Waals surface area contributed by atoms with Crippen LogP contribution in [0.3, 0.4) is 0 Å². The summed E-state index contributed by atoms with van der Waals surface area (Å²) in [6.07, 6.45) is 1.23. The Kier molecular flexibility index (Phi) is 5.88. The molecule has 1 aliphatic rings. The smallest absolute Gasteiger partial charge is 0.108 e. The van der Waals surface area contributed by atoms with Crippen LogP contribution in [0.2, 0.25) is 5.02 Å². The van der Waals surface area contributed by atoms with Gasteiger partial charge in [-0.15, -0.1) is 0 Å². The normalized spacial score (nSPS) is 18.5. The average Bonchev–Trinajstić information content (AvgIpc) is 3.15. The van der Waals surface area contributed by atoms with Crippen molar-refractivity contribution >= 4 is 11.6 Å². The van der Waals surface area contributed by atoms with Gasteiger partial charge < -0.3 is 4.74 Å². The van der Waals surface area contributed by atoms with Crippen molar-refractivity contribution in [1.82, 2.24) is 4.90 Å². The minimum atomic E-state index is -0.0647. The quantitative estimate of drug-likeness (QED) is 0.544. The van der Waals surface area contributed by atoms with E-state index in [-0.39, 0.29) is 12.2 Å². The highest BCUT2D eigenvalue weighted by Gasteiger charge is 2.27. The van der Waals surface area contributed by atoms with Gasteiger partial charge in [0.05, 0.1) is 6.10 Å². The van der Waals surface area contributed by atoms with Crippen LogP contribution in [0.15, 0.2) is 84.9 Å². The van der Waals surface area contributed by atoms with Gasteiger partial charge in [0.1, 0.15) is 6.10 Å². The highest BCUT2D eigenvalue weighted by atomic mass is 35.5. The molecule has 0 aliphatic carbocycles. The van der Waals surface area contributed by atoms with Gasteiger partial charge in [-0.1, -0.05) is 84.4 Å². The maximum atomic E-state index is 6.61. The molecule has 3 heteroatoms. The molecule has 1 aliphatic heterocycles. The topological polar surface area (TPSA) is 12.5 Å². The lowest BCUT2D eigenvalue weighted by Crippen LogP contribution is -2.24. The Labute approximate surface area is 166 Å². The molecule has 0 aromatic heterocycles. The summed E-state index contributed by atoms with van der Waals surface area (Å²) in [7, 11) is 0. The van der Waals surface area contributed by atoms with Crippen LogP contribution in [-0.2, 0) is 11.3 Å². The van der Waals surface area contributed by atoms with Gasteiger partial charge in [0, 0.05) is 24.7 Å². The lowest BCUT2D eigenvalue weighted by atomic mass is 10.0. The number of ether oxygens (including phenoxy) is 1. The van der Waals surface area contributed by atoms with Crippen LogP contribution in [0.1, 0.15) is 29.2 Å². The minimum absolute atomic E-state index is 0.0647. The number of rotatable bonds is 6. The molecule has 0 N–H and O–H groups in total. The van der Waals surface area contributed by atoms with E-state index in [2.05, 4.69) is 71.6 Å². The second kappa shape index (κ2) is 8.71. The molecule has 1 fully saturated rings. The van der Waals surface area contributed by atoms with E-state index in [0.29, 0.717) is 0 Å². The Balaban J connectivity index is 1.46. The summed E-state index contributed by atoms with van der Waals surface area (Å²) < 4.78 is 6.61. The molecule has 4 rings (SSSR count). The van der Waals surface area contributed by atoms with Gasteiger partial charge in [-0.25, -0.2) is 0 Å². The van der Waals surface area contributed by atoms with Crippen molar-refractivity contribution in [3.8, 4) is 0 Å². The maximum Gasteiger partial charge on any atom is 0.108 e. The summed E-state index contributed by atoms with van der Waals surface area (Å²) in [5.41, 5.74) is 3.68. The molecule has 1 heterocycles. The highest BCUT2D eigenvalue weighted by Crippen LogP contribution is 2.30. The van der Waals surface area contributed by atoms with Gasteiger partial charge in [-0.05, 0) is 35.2 Å². The zero-order valence-electron chi connectivity index (χ0n) is 15.3. The summed E-state index contributed by atoms with van der Waals surface area (Å²) >= 11 is 6.08. The molecule has 3 aromatic carbocycles. The van der Waals surface area contributed by atoms with Crippen LogP contribution in [0.25, 0.3) is 0 Å². The van der Waals surface area contributed by atoms with E-state index in [9.17, 15) is 0 Å². The van der Waals surface area contributed by atoms with E-state index >= 15 is 0 Å². The van der Waals surface area contributed by atoms with Crippen molar-refractivity contribution in [3.05, 3.63) is 107 Å². The molecule has 138 valence electrons. The van der Waals surface area contributed by atoms with Crippen LogP contribution < -0.4 is 0 Å². The first kappa shape index (κ1) is 18.2. The summed E-state index contributed by atoms with van der Waals surface area (Å²) in [6, 6.07) is 29.1. The van der Waals surface area contributed by atoms with Gasteiger partial charge >= 0.3 is 0 Å². The van der Waals surface area contributed by atoms with Crippen molar-refractivity contribution in [2.24, 2.45) is 0 Å². The lowest BCUT2D eigenvalue weighted by Gasteiger charge is -2.24. The molecule has 1 saturated heterocycles. The second-order valence-corrected chi connectivity index (χ2v) is 7.55. The van der Waals surface area contributed by atoms with E-state index in [1.165, 1.54) is 11.1 Å². The number of halogens is 1. The third-order valence-electron chi connectivity index (χ3n) is 5.08. The fourth-order valence-corrected chi connectivity index (χ4v) is 3.83. The largest absolute Gasteiger partial charge is 0.364 e. The van der Waals surface area contributed by atoms with Crippen LogP contribution in [0.4, 0.5) is 0 Å². The number of benzene rings is 3. The Morgan fingerprint density at radius 3 is 2.19 bits per heavy atom. The van der Waals surface area contributed by atoms with Crippen LogP contribution in [0, 0.1) is 0 Å². The van der Waals surface area contributed by atoms with Gasteiger partial charge in [-0.2, -0.15) is 0 Å². The predicted molar refractivity (Wildman–Crippen MR) is 111 cm³/mol. The molecule has 27 heavy (non-hydrogen) atoms. The van der Waals surface area contributed by atoms with Gasteiger partial charge in [0.25, 0.3) is 0 Å². The lowest BCUT2D eigenvalue weighted by molar-refractivity contribution is 0.0139. The van der Waals surface area contributed by atoms with Crippen molar-refractivity contribution in [1.29, 1.82) is 0 Å². The van der Waals surface area contributed by atoms with Crippen LogP contribution in [0.5, 0.6) is 0 Å². The van der Waals surface area contributed by atoms with E-state index in [1.54, 1.807) is 0 Å². The minimum Gasteiger partial charge on any atom is -0.364 e. The van der Waals surface area contributed by atoms with Gasteiger partial charge in [0.15, 0.2) is 0 Å². The van der Waals surface area contributed by atoms with Crippen LogP contribution >= 0.6 is 11.6 Å². The zero-order valence-corrected chi connectivity index (χ0v) is 16.1. The van der Waals surface area contributed by atoms with E-state index in [4.69, 9.17) is 16.3 Å². The fraction of sp³-hybridized carbons (Fsp3) is 0.250. The van der Waals surface area contributed by atoms with Crippen molar-refractivity contribution in [2.75, 3.05) is 13.1 Å². The Morgan fingerprint density at radius 1 is 0.852 bits per heavy atom. The zero-order chi connectivity index (χ0) is 18.5. The van der Waals surface area contributed by atoms with Crippen molar-refractivity contribution < 1.29 is 4.74 Å². The molecule has 2 unspecified atom stereocenters. The van der Waals surface area contributed by atoms with Gasteiger partial charge in [0.2, 0.25) is 0 Å². The first-order chi connectivity index (χ1) is 13.3. The standard InChI is InChI=1S/C24H24ClNO/c25-22-13-11-21(12-14-22)24(20-9-5-2-6-10-20)27-23-15-16-26(18-23)17-19-7-3-1-4-8-19/h1-14,23-24H,15-18H2. The third kappa shape index (κ3) is 4.78. The summed E-state index contributed by atoms with van der Waals surface area (Å²) in [4.78, 5) is 2.48. The molecule has 2 atom stereocenters. The Morgan fingerprint density at radius 2 is 1.48 bits per heavy atom. The van der Waals surface area contributed by atoms with Crippen molar-refractivity contribution in [2.45, 2.75) is 25.2 Å². The first-order valence-corrected chi connectivity index (χ1v) is 9.88.